The Morgan fingerprint density at radius 1 is 0.962 bits per heavy atom. The quantitative estimate of drug-likeness (QED) is 0.762. The first-order chi connectivity index (χ1) is 12.2. The summed E-state index contributed by atoms with van der Waals surface area (Å²) >= 11 is 0. The number of halogens is 1. The highest BCUT2D eigenvalue weighted by atomic mass is 19.1. The summed E-state index contributed by atoms with van der Waals surface area (Å²) in [6.07, 6.45) is -0.583. The number of aliphatic hydroxyl groups excluding tert-OH is 1. The highest BCUT2D eigenvalue weighted by Gasteiger charge is 2.17. The predicted octanol–water partition coefficient (Wildman–Crippen LogP) is 4.31. The van der Waals surface area contributed by atoms with E-state index in [1.54, 1.807) is 12.1 Å². The summed E-state index contributed by atoms with van der Waals surface area (Å²) in [4.78, 5) is 2.16. The Hall–Kier alpha value is -1.75. The number of ether oxygens (including phenoxy) is 1. The Morgan fingerprint density at radius 2 is 1.46 bits per heavy atom. The molecule has 0 saturated heterocycles. The average molecular weight is 359 g/mol. The highest BCUT2D eigenvalue weighted by molar-refractivity contribution is 5.22. The monoisotopic (exact) mass is 359 g/mol. The van der Waals surface area contributed by atoms with E-state index in [0.29, 0.717) is 19.6 Å². The predicted molar refractivity (Wildman–Crippen MR) is 103 cm³/mol. The molecule has 2 aromatic rings. The molecule has 0 aliphatic heterocycles. The van der Waals surface area contributed by atoms with Crippen molar-refractivity contribution in [3.8, 4) is 0 Å². The largest absolute Gasteiger partial charge is 0.389 e. The zero-order valence-corrected chi connectivity index (χ0v) is 16.2. The number of rotatable bonds is 8. The van der Waals surface area contributed by atoms with Gasteiger partial charge in [-0.2, -0.15) is 0 Å². The van der Waals surface area contributed by atoms with E-state index in [1.807, 2.05) is 20.8 Å². The van der Waals surface area contributed by atoms with Crippen molar-refractivity contribution in [2.45, 2.75) is 52.5 Å². The number of aryl methyl sites for hydroxylation is 1. The Labute approximate surface area is 156 Å². The van der Waals surface area contributed by atoms with Gasteiger partial charge in [0.25, 0.3) is 0 Å². The second kappa shape index (κ2) is 9.26. The molecule has 26 heavy (non-hydrogen) atoms. The Bertz CT molecular complexity index is 615. The molecular weight excluding hydrogens is 329 g/mol. The Kier molecular flexibility index (Phi) is 7.33. The van der Waals surface area contributed by atoms with E-state index in [0.717, 1.165) is 5.56 Å². The van der Waals surface area contributed by atoms with Gasteiger partial charge in [0, 0.05) is 19.6 Å². The van der Waals surface area contributed by atoms with Crippen LogP contribution < -0.4 is 0 Å². The van der Waals surface area contributed by atoms with Gasteiger partial charge in [0.15, 0.2) is 0 Å². The van der Waals surface area contributed by atoms with Crippen molar-refractivity contribution in [1.82, 2.24) is 4.90 Å². The van der Waals surface area contributed by atoms with E-state index in [-0.39, 0.29) is 18.0 Å². The van der Waals surface area contributed by atoms with E-state index < -0.39 is 6.10 Å². The molecule has 0 amide bonds. The number of hydrogen-bond donors (Lipinski definition) is 1. The molecule has 1 N–H and O–H groups in total. The van der Waals surface area contributed by atoms with Crippen molar-refractivity contribution in [1.29, 1.82) is 0 Å². The fourth-order valence-corrected chi connectivity index (χ4v) is 2.68. The maximum atomic E-state index is 13.2. The SMILES string of the molecule is Cc1ccc(CN(Cc2ccc(F)cc2)CC(O)COC(C)(C)C)cc1. The van der Waals surface area contributed by atoms with Crippen molar-refractivity contribution in [2.24, 2.45) is 0 Å². The van der Waals surface area contributed by atoms with Crippen LogP contribution in [0.2, 0.25) is 0 Å². The summed E-state index contributed by atoms with van der Waals surface area (Å²) < 4.78 is 18.9. The van der Waals surface area contributed by atoms with Crippen LogP contribution in [0.1, 0.15) is 37.5 Å². The minimum Gasteiger partial charge on any atom is -0.389 e. The lowest BCUT2D eigenvalue weighted by Gasteiger charge is -2.27. The number of aliphatic hydroxyl groups is 1. The minimum atomic E-state index is -0.583. The van der Waals surface area contributed by atoms with Gasteiger partial charge in [-0.1, -0.05) is 42.0 Å². The second-order valence-electron chi connectivity index (χ2n) is 7.86. The van der Waals surface area contributed by atoms with Gasteiger partial charge in [0.1, 0.15) is 5.82 Å². The summed E-state index contributed by atoms with van der Waals surface area (Å²) in [5, 5.41) is 10.4. The topological polar surface area (TPSA) is 32.7 Å². The highest BCUT2D eigenvalue weighted by Crippen LogP contribution is 2.14. The van der Waals surface area contributed by atoms with Gasteiger partial charge in [0.2, 0.25) is 0 Å². The third kappa shape index (κ3) is 7.65. The molecule has 2 rings (SSSR count). The first-order valence-electron chi connectivity index (χ1n) is 9.06. The molecule has 0 fully saturated rings. The van der Waals surface area contributed by atoms with Crippen LogP contribution in [0.25, 0.3) is 0 Å². The van der Waals surface area contributed by atoms with Crippen molar-refractivity contribution >= 4 is 0 Å². The average Bonchev–Trinajstić information content (AvgIpc) is 2.56. The number of nitrogens with zero attached hydrogens (tertiary/aromatic N) is 1. The molecule has 0 saturated carbocycles. The molecule has 2 aromatic carbocycles. The lowest BCUT2D eigenvalue weighted by molar-refractivity contribution is -0.0572. The number of benzene rings is 2. The Balaban J connectivity index is 2.04. The molecule has 4 heteroatoms. The summed E-state index contributed by atoms with van der Waals surface area (Å²) in [6.45, 7) is 10.1. The minimum absolute atomic E-state index is 0.238. The van der Waals surface area contributed by atoms with Crippen molar-refractivity contribution < 1.29 is 14.2 Å². The molecule has 3 nitrogen and oxygen atoms in total. The molecule has 0 aliphatic rings. The smallest absolute Gasteiger partial charge is 0.123 e. The molecule has 0 radical (unpaired) electrons. The maximum Gasteiger partial charge on any atom is 0.123 e. The summed E-state index contributed by atoms with van der Waals surface area (Å²) in [5.41, 5.74) is 3.14. The van der Waals surface area contributed by atoms with Crippen LogP contribution in [0.4, 0.5) is 4.39 Å². The molecule has 0 spiro atoms. The third-order valence-corrected chi connectivity index (χ3v) is 4.02. The summed E-state index contributed by atoms with van der Waals surface area (Å²) in [5.74, 6) is -0.238. The first kappa shape index (κ1) is 20.6. The van der Waals surface area contributed by atoms with Crippen LogP contribution >= 0.6 is 0 Å². The van der Waals surface area contributed by atoms with Gasteiger partial charge < -0.3 is 9.84 Å². The van der Waals surface area contributed by atoms with Crippen LogP contribution in [0.3, 0.4) is 0 Å². The molecule has 0 heterocycles. The van der Waals surface area contributed by atoms with Crippen LogP contribution in [-0.2, 0) is 17.8 Å². The fourth-order valence-electron chi connectivity index (χ4n) is 2.68. The fraction of sp³-hybridized carbons (Fsp3) is 0.455. The van der Waals surface area contributed by atoms with Crippen LogP contribution in [0.5, 0.6) is 0 Å². The maximum absolute atomic E-state index is 13.2. The van der Waals surface area contributed by atoms with E-state index in [9.17, 15) is 9.50 Å². The van der Waals surface area contributed by atoms with Gasteiger partial charge in [-0.3, -0.25) is 4.90 Å². The van der Waals surface area contributed by atoms with Crippen LogP contribution in [0.15, 0.2) is 48.5 Å². The molecule has 1 atom stereocenters. The van der Waals surface area contributed by atoms with Gasteiger partial charge in [-0.15, -0.1) is 0 Å². The molecular formula is C22H30FNO2. The summed E-state index contributed by atoms with van der Waals surface area (Å²) in [7, 11) is 0. The lowest BCUT2D eigenvalue weighted by Crippen LogP contribution is -2.36. The zero-order valence-electron chi connectivity index (χ0n) is 16.2. The molecule has 0 bridgehead atoms. The first-order valence-corrected chi connectivity index (χ1v) is 9.06. The van der Waals surface area contributed by atoms with Crippen molar-refractivity contribution in [3.63, 3.8) is 0 Å². The van der Waals surface area contributed by atoms with E-state index >= 15 is 0 Å². The van der Waals surface area contributed by atoms with Gasteiger partial charge >= 0.3 is 0 Å². The summed E-state index contributed by atoms with van der Waals surface area (Å²) in [6, 6.07) is 14.9. The van der Waals surface area contributed by atoms with Gasteiger partial charge in [-0.25, -0.2) is 4.39 Å². The number of hydrogen-bond acceptors (Lipinski definition) is 3. The molecule has 142 valence electrons. The molecule has 0 aliphatic carbocycles. The van der Waals surface area contributed by atoms with Crippen LogP contribution in [0, 0.1) is 12.7 Å². The second-order valence-corrected chi connectivity index (χ2v) is 7.86. The third-order valence-electron chi connectivity index (χ3n) is 4.02. The van der Waals surface area contributed by atoms with E-state index in [1.165, 1.54) is 23.3 Å². The lowest BCUT2D eigenvalue weighted by atomic mass is 10.1. The van der Waals surface area contributed by atoms with E-state index in [4.69, 9.17) is 4.74 Å². The van der Waals surface area contributed by atoms with Gasteiger partial charge in [-0.05, 0) is 51.0 Å². The van der Waals surface area contributed by atoms with Crippen molar-refractivity contribution in [2.75, 3.05) is 13.2 Å². The zero-order chi connectivity index (χ0) is 19.2. The molecule has 1 unspecified atom stereocenters. The van der Waals surface area contributed by atoms with Crippen LogP contribution in [-0.4, -0.2) is 34.9 Å². The Morgan fingerprint density at radius 3 is 1.96 bits per heavy atom. The normalized spacial score (nSPS) is 13.2. The molecule has 0 aromatic heterocycles. The van der Waals surface area contributed by atoms with Crippen molar-refractivity contribution in [3.05, 3.63) is 71.0 Å². The van der Waals surface area contributed by atoms with Gasteiger partial charge in [0.05, 0.1) is 18.3 Å². The van der Waals surface area contributed by atoms with E-state index in [2.05, 4.69) is 36.1 Å². The standard InChI is InChI=1S/C22H30FNO2/c1-17-5-7-18(8-6-17)13-24(14-19-9-11-20(23)12-10-19)15-21(25)16-26-22(2,3)4/h5-12,21,25H,13-16H2,1-4H3.